The molecule has 0 saturated heterocycles. The van der Waals surface area contributed by atoms with Gasteiger partial charge in [0.2, 0.25) is 0 Å². The summed E-state index contributed by atoms with van der Waals surface area (Å²) < 4.78 is 5.22. The van der Waals surface area contributed by atoms with Crippen LogP contribution in [0.4, 0.5) is 0 Å². The largest absolute Gasteiger partial charge is 0.497 e. The van der Waals surface area contributed by atoms with E-state index in [1.165, 1.54) is 0 Å². The number of carbonyl (C=O) groups excluding carboxylic acids is 1. The molecule has 0 spiro atoms. The number of hydrogen-bond acceptors (Lipinski definition) is 2. The molecule has 0 aliphatic carbocycles. The first kappa shape index (κ1) is 14.1. The summed E-state index contributed by atoms with van der Waals surface area (Å²) in [4.78, 5) is 12.3. The van der Waals surface area contributed by atoms with Crippen LogP contribution in [-0.4, -0.2) is 12.9 Å². The highest BCUT2D eigenvalue weighted by molar-refractivity contribution is 5.96. The number of ketones is 1. The maximum atomic E-state index is 12.3. The van der Waals surface area contributed by atoms with Gasteiger partial charge in [-0.3, -0.25) is 4.79 Å². The Morgan fingerprint density at radius 1 is 1.20 bits per heavy atom. The SMILES string of the molecule is C=CC(CC(=O)c1ccccc1)c1cccc(OC)c1. The monoisotopic (exact) mass is 266 g/mol. The Bertz CT molecular complexity index is 587. The van der Waals surface area contributed by atoms with E-state index < -0.39 is 0 Å². The van der Waals surface area contributed by atoms with Crippen molar-refractivity contribution in [2.45, 2.75) is 12.3 Å². The fourth-order valence-corrected chi connectivity index (χ4v) is 2.15. The summed E-state index contributed by atoms with van der Waals surface area (Å²) in [5, 5.41) is 0. The summed E-state index contributed by atoms with van der Waals surface area (Å²) in [6.07, 6.45) is 2.23. The molecule has 2 heteroatoms. The number of ether oxygens (including phenoxy) is 1. The summed E-state index contributed by atoms with van der Waals surface area (Å²) in [7, 11) is 1.64. The van der Waals surface area contributed by atoms with Gasteiger partial charge in [0.05, 0.1) is 7.11 Å². The lowest BCUT2D eigenvalue weighted by molar-refractivity contribution is 0.0978. The van der Waals surface area contributed by atoms with E-state index >= 15 is 0 Å². The number of allylic oxidation sites excluding steroid dienone is 1. The first-order valence-corrected chi connectivity index (χ1v) is 6.59. The molecule has 2 aromatic carbocycles. The fraction of sp³-hybridized carbons (Fsp3) is 0.167. The van der Waals surface area contributed by atoms with Gasteiger partial charge in [-0.05, 0) is 17.7 Å². The Balaban J connectivity index is 2.16. The van der Waals surface area contributed by atoms with E-state index in [9.17, 15) is 4.79 Å². The van der Waals surface area contributed by atoms with E-state index in [-0.39, 0.29) is 11.7 Å². The van der Waals surface area contributed by atoms with Gasteiger partial charge in [0.25, 0.3) is 0 Å². The molecule has 0 heterocycles. The zero-order valence-corrected chi connectivity index (χ0v) is 11.6. The molecule has 0 aliphatic rings. The molecule has 102 valence electrons. The van der Waals surface area contributed by atoms with Crippen LogP contribution in [-0.2, 0) is 0 Å². The van der Waals surface area contributed by atoms with E-state index in [0.29, 0.717) is 6.42 Å². The highest BCUT2D eigenvalue weighted by atomic mass is 16.5. The summed E-state index contributed by atoms with van der Waals surface area (Å²) >= 11 is 0. The molecule has 0 bridgehead atoms. The van der Waals surface area contributed by atoms with Crippen molar-refractivity contribution in [3.8, 4) is 5.75 Å². The van der Waals surface area contributed by atoms with Gasteiger partial charge in [0.15, 0.2) is 5.78 Å². The molecular weight excluding hydrogens is 248 g/mol. The lowest BCUT2D eigenvalue weighted by Crippen LogP contribution is -2.06. The molecule has 1 atom stereocenters. The molecule has 0 aromatic heterocycles. The minimum Gasteiger partial charge on any atom is -0.497 e. The third kappa shape index (κ3) is 3.35. The van der Waals surface area contributed by atoms with Crippen molar-refractivity contribution in [3.63, 3.8) is 0 Å². The molecular formula is C18H18O2. The van der Waals surface area contributed by atoms with Crippen LogP contribution >= 0.6 is 0 Å². The molecule has 0 amide bonds. The summed E-state index contributed by atoms with van der Waals surface area (Å²) in [5.41, 5.74) is 1.78. The smallest absolute Gasteiger partial charge is 0.163 e. The summed E-state index contributed by atoms with van der Waals surface area (Å²) in [5.74, 6) is 0.914. The third-order valence-corrected chi connectivity index (χ3v) is 3.31. The van der Waals surface area contributed by atoms with Gasteiger partial charge in [-0.25, -0.2) is 0 Å². The van der Waals surface area contributed by atoms with Crippen molar-refractivity contribution in [2.75, 3.05) is 7.11 Å². The molecule has 2 nitrogen and oxygen atoms in total. The van der Waals surface area contributed by atoms with Crippen LogP contribution in [0.25, 0.3) is 0 Å². The molecule has 0 fully saturated rings. The number of rotatable bonds is 6. The Hall–Kier alpha value is -2.35. The number of Topliss-reactive ketones (excluding diaryl/α,β-unsaturated/α-hetero) is 1. The second-order valence-electron chi connectivity index (χ2n) is 4.61. The van der Waals surface area contributed by atoms with Crippen molar-refractivity contribution in [2.24, 2.45) is 0 Å². The first-order chi connectivity index (χ1) is 9.74. The third-order valence-electron chi connectivity index (χ3n) is 3.31. The van der Waals surface area contributed by atoms with Crippen LogP contribution < -0.4 is 4.74 Å². The van der Waals surface area contributed by atoms with Crippen molar-refractivity contribution < 1.29 is 9.53 Å². The van der Waals surface area contributed by atoms with Gasteiger partial charge >= 0.3 is 0 Å². The van der Waals surface area contributed by atoms with Crippen LogP contribution in [0, 0.1) is 0 Å². The lowest BCUT2D eigenvalue weighted by Gasteiger charge is -2.13. The second kappa shape index (κ2) is 6.71. The molecule has 2 rings (SSSR count). The average Bonchev–Trinajstić information content (AvgIpc) is 2.53. The van der Waals surface area contributed by atoms with E-state index in [1.54, 1.807) is 7.11 Å². The average molecular weight is 266 g/mol. The fourth-order valence-electron chi connectivity index (χ4n) is 2.15. The number of benzene rings is 2. The van der Waals surface area contributed by atoms with E-state index in [2.05, 4.69) is 6.58 Å². The van der Waals surface area contributed by atoms with Crippen LogP contribution in [0.5, 0.6) is 5.75 Å². The van der Waals surface area contributed by atoms with E-state index in [0.717, 1.165) is 16.9 Å². The Labute approximate surface area is 119 Å². The van der Waals surface area contributed by atoms with E-state index in [1.807, 2.05) is 60.7 Å². The molecule has 0 radical (unpaired) electrons. The second-order valence-corrected chi connectivity index (χ2v) is 4.61. The van der Waals surface area contributed by atoms with Gasteiger partial charge in [-0.15, -0.1) is 6.58 Å². The molecule has 20 heavy (non-hydrogen) atoms. The van der Waals surface area contributed by atoms with Crippen molar-refractivity contribution in [1.82, 2.24) is 0 Å². The first-order valence-electron chi connectivity index (χ1n) is 6.59. The zero-order valence-electron chi connectivity index (χ0n) is 11.6. The Morgan fingerprint density at radius 2 is 1.95 bits per heavy atom. The highest BCUT2D eigenvalue weighted by Gasteiger charge is 2.14. The predicted molar refractivity (Wildman–Crippen MR) is 81.3 cm³/mol. The van der Waals surface area contributed by atoms with Gasteiger partial charge < -0.3 is 4.74 Å². The molecule has 0 N–H and O–H groups in total. The molecule has 0 saturated carbocycles. The minimum absolute atomic E-state index is 0.00203. The quantitative estimate of drug-likeness (QED) is 0.577. The normalized spacial score (nSPS) is 11.7. The Kier molecular flexibility index (Phi) is 4.72. The summed E-state index contributed by atoms with van der Waals surface area (Å²) in [6, 6.07) is 17.1. The van der Waals surface area contributed by atoms with Crippen LogP contribution in [0.15, 0.2) is 67.3 Å². The van der Waals surface area contributed by atoms with Gasteiger partial charge in [-0.2, -0.15) is 0 Å². The number of hydrogen-bond donors (Lipinski definition) is 0. The van der Waals surface area contributed by atoms with Crippen molar-refractivity contribution >= 4 is 5.78 Å². The van der Waals surface area contributed by atoms with Crippen LogP contribution in [0.2, 0.25) is 0 Å². The maximum absolute atomic E-state index is 12.3. The molecule has 2 aromatic rings. The minimum atomic E-state index is -0.00203. The maximum Gasteiger partial charge on any atom is 0.163 e. The van der Waals surface area contributed by atoms with Gasteiger partial charge in [0.1, 0.15) is 5.75 Å². The summed E-state index contributed by atoms with van der Waals surface area (Å²) in [6.45, 7) is 3.85. The standard InChI is InChI=1S/C18H18O2/c1-3-14(16-10-7-11-17(12-16)20-2)13-18(19)15-8-5-4-6-9-15/h3-12,14H,1,13H2,2H3. The molecule has 1 unspecified atom stereocenters. The van der Waals surface area contributed by atoms with Crippen molar-refractivity contribution in [1.29, 1.82) is 0 Å². The Morgan fingerprint density at radius 3 is 2.60 bits per heavy atom. The highest BCUT2D eigenvalue weighted by Crippen LogP contribution is 2.26. The van der Waals surface area contributed by atoms with Gasteiger partial charge in [0, 0.05) is 17.9 Å². The topological polar surface area (TPSA) is 26.3 Å². The van der Waals surface area contributed by atoms with E-state index in [4.69, 9.17) is 4.74 Å². The zero-order chi connectivity index (χ0) is 14.4. The number of carbonyl (C=O) groups is 1. The van der Waals surface area contributed by atoms with Crippen LogP contribution in [0.3, 0.4) is 0 Å². The lowest BCUT2D eigenvalue weighted by atomic mass is 9.91. The van der Waals surface area contributed by atoms with Crippen LogP contribution in [0.1, 0.15) is 28.3 Å². The molecule has 0 aliphatic heterocycles. The van der Waals surface area contributed by atoms with Crippen molar-refractivity contribution in [3.05, 3.63) is 78.4 Å². The van der Waals surface area contributed by atoms with Gasteiger partial charge in [-0.1, -0.05) is 48.5 Å². The number of methoxy groups -OCH3 is 1. The predicted octanol–water partition coefficient (Wildman–Crippen LogP) is 4.24.